The number of thioether (sulfide) groups is 1. The number of hydrogen-bond donors (Lipinski definition) is 8. The van der Waals surface area contributed by atoms with Crippen LogP contribution < -0.4 is 27.0 Å². The molecule has 278 valence electrons. The topological polar surface area (TPSA) is 233 Å². The number of fused-ring (bicyclic) bond motifs is 1. The molecule has 0 aliphatic heterocycles. The number of rotatable bonds is 19. The minimum absolute atomic E-state index is 0.0374. The molecular formula is C38H42N6O8S. The fraction of sp³-hybridized carbons (Fsp3) is 0.263. The van der Waals surface area contributed by atoms with Crippen LogP contribution in [0.15, 0.2) is 91.1 Å². The van der Waals surface area contributed by atoms with E-state index in [0.29, 0.717) is 16.9 Å². The van der Waals surface area contributed by atoms with E-state index in [1.807, 2.05) is 24.3 Å². The highest BCUT2D eigenvalue weighted by Crippen LogP contribution is 2.20. The lowest BCUT2D eigenvalue weighted by Gasteiger charge is -2.25. The minimum Gasteiger partial charge on any atom is -0.508 e. The van der Waals surface area contributed by atoms with Crippen molar-refractivity contribution in [2.24, 2.45) is 5.73 Å². The van der Waals surface area contributed by atoms with E-state index >= 15 is 0 Å². The zero-order valence-electron chi connectivity index (χ0n) is 28.9. The van der Waals surface area contributed by atoms with Gasteiger partial charge in [-0.05, 0) is 59.4 Å². The van der Waals surface area contributed by atoms with Crippen molar-refractivity contribution in [2.75, 3.05) is 12.0 Å². The van der Waals surface area contributed by atoms with Crippen LogP contribution in [0.25, 0.3) is 17.0 Å². The van der Waals surface area contributed by atoms with Crippen LogP contribution >= 0.6 is 11.8 Å². The Balaban J connectivity index is 1.53. The molecular weight excluding hydrogens is 701 g/mol. The highest BCUT2D eigenvalue weighted by molar-refractivity contribution is 7.98. The molecule has 0 aliphatic carbocycles. The first-order valence-electron chi connectivity index (χ1n) is 16.7. The van der Waals surface area contributed by atoms with E-state index in [9.17, 15) is 39.0 Å². The van der Waals surface area contributed by atoms with Crippen molar-refractivity contribution in [1.82, 2.24) is 26.3 Å². The molecule has 0 saturated heterocycles. The molecule has 4 aromatic rings. The highest BCUT2D eigenvalue weighted by Gasteiger charge is 2.32. The number of aromatic nitrogens is 1. The maximum atomic E-state index is 13.9. The first-order valence-corrected chi connectivity index (χ1v) is 18.1. The molecule has 0 spiro atoms. The Morgan fingerprint density at radius 1 is 0.774 bits per heavy atom. The molecule has 9 N–H and O–H groups in total. The predicted molar refractivity (Wildman–Crippen MR) is 201 cm³/mol. The molecule has 0 unspecified atom stereocenters. The van der Waals surface area contributed by atoms with Crippen molar-refractivity contribution in [1.29, 1.82) is 0 Å². The fourth-order valence-corrected chi connectivity index (χ4v) is 5.96. The SMILES string of the molecule is CSCC[C@H](NC(=O)[C@H](Cc1c[nH]c2ccccc12)NC(=O)C=Cc1ccc(O)cc1)C(=O)N[C@@H](CC(=O)O)C(=O)N[C@@H](Cc1ccccc1)C(N)=O. The number of H-pyrrole nitrogens is 1. The number of primary amides is 1. The van der Waals surface area contributed by atoms with Crippen LogP contribution in [0.5, 0.6) is 5.75 Å². The Morgan fingerprint density at radius 2 is 1.40 bits per heavy atom. The summed E-state index contributed by atoms with van der Waals surface area (Å²) in [4.78, 5) is 81.2. The maximum absolute atomic E-state index is 13.9. The van der Waals surface area contributed by atoms with Crippen LogP contribution in [-0.4, -0.2) is 86.9 Å². The van der Waals surface area contributed by atoms with Crippen LogP contribution in [-0.2, 0) is 41.6 Å². The Bertz CT molecular complexity index is 1930. The van der Waals surface area contributed by atoms with Gasteiger partial charge in [0.1, 0.15) is 29.9 Å². The average Bonchev–Trinajstić information content (AvgIpc) is 3.54. The number of carbonyl (C=O) groups excluding carboxylic acids is 5. The number of amides is 5. The summed E-state index contributed by atoms with van der Waals surface area (Å²) in [6, 6.07) is 17.1. The monoisotopic (exact) mass is 742 g/mol. The van der Waals surface area contributed by atoms with Crippen LogP contribution in [0.2, 0.25) is 0 Å². The quantitative estimate of drug-likeness (QED) is 0.0656. The van der Waals surface area contributed by atoms with Gasteiger partial charge >= 0.3 is 5.97 Å². The van der Waals surface area contributed by atoms with E-state index in [1.165, 1.54) is 36.0 Å². The van der Waals surface area contributed by atoms with Crippen molar-refractivity contribution >= 4 is 64.2 Å². The summed E-state index contributed by atoms with van der Waals surface area (Å²) in [5.41, 5.74) is 8.41. The largest absolute Gasteiger partial charge is 0.508 e. The number of nitrogens with one attached hydrogen (secondary N) is 5. The molecule has 0 saturated carbocycles. The first-order chi connectivity index (χ1) is 25.4. The molecule has 4 atom stereocenters. The van der Waals surface area contributed by atoms with Gasteiger partial charge in [0.25, 0.3) is 0 Å². The van der Waals surface area contributed by atoms with E-state index in [4.69, 9.17) is 5.73 Å². The van der Waals surface area contributed by atoms with Crippen molar-refractivity contribution in [2.45, 2.75) is 49.9 Å². The van der Waals surface area contributed by atoms with Gasteiger partial charge in [-0.1, -0.05) is 60.7 Å². The number of benzene rings is 3. The number of phenols is 1. The van der Waals surface area contributed by atoms with Gasteiger partial charge in [-0.25, -0.2) is 0 Å². The third kappa shape index (κ3) is 12.3. The van der Waals surface area contributed by atoms with Crippen molar-refractivity contribution in [3.63, 3.8) is 0 Å². The second kappa shape index (κ2) is 19.5. The number of para-hydroxylation sites is 1. The number of nitrogens with two attached hydrogens (primary N) is 1. The summed E-state index contributed by atoms with van der Waals surface area (Å²) in [5.74, 6) is -4.85. The molecule has 0 aliphatic rings. The Kier molecular flexibility index (Phi) is 14.6. The Labute approximate surface area is 310 Å². The summed E-state index contributed by atoms with van der Waals surface area (Å²) >= 11 is 1.40. The summed E-state index contributed by atoms with van der Waals surface area (Å²) in [6.45, 7) is 0. The van der Waals surface area contributed by atoms with Crippen LogP contribution in [0, 0.1) is 0 Å². The summed E-state index contributed by atoms with van der Waals surface area (Å²) in [7, 11) is 0. The van der Waals surface area contributed by atoms with Gasteiger partial charge in [-0.15, -0.1) is 0 Å². The summed E-state index contributed by atoms with van der Waals surface area (Å²) in [6.07, 6.45) is 5.66. The molecule has 0 bridgehead atoms. The third-order valence-corrected chi connectivity index (χ3v) is 8.89. The van der Waals surface area contributed by atoms with Crippen LogP contribution in [0.4, 0.5) is 0 Å². The van der Waals surface area contributed by atoms with Gasteiger partial charge < -0.3 is 42.2 Å². The van der Waals surface area contributed by atoms with Crippen molar-refractivity contribution in [3.05, 3.63) is 108 Å². The van der Waals surface area contributed by atoms with Gasteiger partial charge in [-0.3, -0.25) is 28.8 Å². The lowest BCUT2D eigenvalue weighted by molar-refractivity contribution is -0.141. The number of phenolic OH excluding ortho intramolecular Hbond substituents is 1. The third-order valence-electron chi connectivity index (χ3n) is 8.25. The molecule has 0 radical (unpaired) electrons. The molecule has 0 fully saturated rings. The highest BCUT2D eigenvalue weighted by atomic mass is 32.2. The molecule has 3 aromatic carbocycles. The molecule has 5 amide bonds. The van der Waals surface area contributed by atoms with Crippen molar-refractivity contribution in [3.8, 4) is 5.75 Å². The van der Waals surface area contributed by atoms with Gasteiger partial charge in [0.2, 0.25) is 29.5 Å². The lowest BCUT2D eigenvalue weighted by Crippen LogP contribution is -2.59. The number of hydrogen-bond acceptors (Lipinski definition) is 8. The van der Waals surface area contributed by atoms with Crippen LogP contribution in [0.1, 0.15) is 29.5 Å². The van der Waals surface area contributed by atoms with Crippen molar-refractivity contribution < 1.29 is 39.0 Å². The average molecular weight is 743 g/mol. The molecule has 15 heteroatoms. The lowest BCUT2D eigenvalue weighted by atomic mass is 10.0. The number of carbonyl (C=O) groups is 6. The van der Waals surface area contributed by atoms with Gasteiger partial charge in [0.15, 0.2) is 0 Å². The van der Waals surface area contributed by atoms with Gasteiger partial charge in [-0.2, -0.15) is 11.8 Å². The fourth-order valence-electron chi connectivity index (χ4n) is 5.48. The van der Waals surface area contributed by atoms with Gasteiger partial charge in [0, 0.05) is 36.0 Å². The number of aliphatic carboxylic acids is 1. The standard InChI is InChI=1S/C38H42N6O8S/c1-53-18-17-29(36(50)44-32(21-34(47)48)38(52)43-30(35(39)49)19-24-7-3-2-4-8-24)42-37(51)31(20-25-22-40-28-10-6-5-9-27(25)28)41-33(46)16-13-23-11-14-26(45)15-12-23/h2-16,22,29-32,40,45H,17-21H2,1H3,(H2,39,49)(H,41,46)(H,42,51)(H,43,52)(H,44,50)(H,47,48)/t29-,30-,31-,32-/m0/s1. The summed E-state index contributed by atoms with van der Waals surface area (Å²) < 4.78 is 0. The maximum Gasteiger partial charge on any atom is 0.305 e. The second-order valence-electron chi connectivity index (χ2n) is 12.2. The Hall–Kier alpha value is -6.09. The second-order valence-corrected chi connectivity index (χ2v) is 13.2. The Morgan fingerprint density at radius 3 is 2.08 bits per heavy atom. The normalized spacial score (nSPS) is 13.4. The number of aromatic hydroxyl groups is 1. The molecule has 1 heterocycles. The number of carboxylic acid groups (broad SMARTS) is 1. The van der Waals surface area contributed by atoms with E-state index < -0.39 is 66.1 Å². The first kappa shape index (κ1) is 39.7. The molecule has 1 aromatic heterocycles. The van der Waals surface area contributed by atoms with E-state index in [2.05, 4.69) is 26.3 Å². The zero-order chi connectivity index (χ0) is 38.3. The van der Waals surface area contributed by atoms with E-state index in [-0.39, 0.29) is 25.0 Å². The zero-order valence-corrected chi connectivity index (χ0v) is 29.7. The number of carboxylic acids is 1. The molecule has 14 nitrogen and oxygen atoms in total. The molecule has 53 heavy (non-hydrogen) atoms. The minimum atomic E-state index is -1.61. The van der Waals surface area contributed by atoms with Gasteiger partial charge in [0.05, 0.1) is 6.42 Å². The van der Waals surface area contributed by atoms with E-state index in [1.54, 1.807) is 54.9 Å². The predicted octanol–water partition coefficient (Wildman–Crippen LogP) is 2.02. The van der Waals surface area contributed by atoms with Crippen LogP contribution in [0.3, 0.4) is 0 Å². The number of aromatic amines is 1. The smallest absolute Gasteiger partial charge is 0.305 e. The van der Waals surface area contributed by atoms with E-state index in [0.717, 1.165) is 16.5 Å². The summed E-state index contributed by atoms with van der Waals surface area (Å²) in [5, 5.41) is 30.3. The molecule has 4 rings (SSSR count).